The highest BCUT2D eigenvalue weighted by atomic mass is 32.1. The lowest BCUT2D eigenvalue weighted by Gasteiger charge is -1.98. The zero-order valence-corrected chi connectivity index (χ0v) is 10.6. The van der Waals surface area contributed by atoms with Gasteiger partial charge in [-0.3, -0.25) is 14.9 Å². The van der Waals surface area contributed by atoms with Gasteiger partial charge in [0.15, 0.2) is 0 Å². The molecule has 2 heterocycles. The van der Waals surface area contributed by atoms with Crippen molar-refractivity contribution in [3.05, 3.63) is 39.3 Å². The lowest BCUT2D eigenvalue weighted by molar-refractivity contribution is 0.102. The maximum atomic E-state index is 11.8. The van der Waals surface area contributed by atoms with Gasteiger partial charge in [-0.05, 0) is 18.6 Å². The Morgan fingerprint density at radius 3 is 3.06 bits per heavy atom. The van der Waals surface area contributed by atoms with Gasteiger partial charge in [-0.2, -0.15) is 0 Å². The molecule has 0 unspecified atom stereocenters. The Bertz CT molecular complexity index is 605. The number of nitrogens with zero attached hydrogens (tertiary/aromatic N) is 2. The Labute approximate surface area is 107 Å². The van der Waals surface area contributed by atoms with Gasteiger partial charge in [0, 0.05) is 12.6 Å². The fraction of sp³-hybridized carbons (Fsp3) is 0.273. The molecule has 0 atom stereocenters. The minimum atomic E-state index is -0.476. The van der Waals surface area contributed by atoms with E-state index in [0.29, 0.717) is 5.13 Å². The lowest BCUT2D eigenvalue weighted by Crippen LogP contribution is -2.22. The van der Waals surface area contributed by atoms with Crippen LogP contribution in [0.4, 0.5) is 5.13 Å². The van der Waals surface area contributed by atoms with Gasteiger partial charge >= 0.3 is 0 Å². The van der Waals surface area contributed by atoms with Gasteiger partial charge in [-0.15, -0.1) is 10.2 Å². The van der Waals surface area contributed by atoms with Gasteiger partial charge in [0.2, 0.25) is 5.13 Å². The summed E-state index contributed by atoms with van der Waals surface area (Å²) in [6.07, 6.45) is 3.28. The molecule has 7 heteroatoms. The molecule has 2 N–H and O–H groups in total. The molecular weight excluding hydrogens is 252 g/mol. The molecule has 0 spiro atoms. The minimum Gasteiger partial charge on any atom is -0.328 e. The third kappa shape index (κ3) is 2.80. The van der Waals surface area contributed by atoms with Crippen LogP contribution in [0.3, 0.4) is 0 Å². The van der Waals surface area contributed by atoms with Crippen molar-refractivity contribution in [3.8, 4) is 0 Å². The van der Waals surface area contributed by atoms with Gasteiger partial charge in [-0.25, -0.2) is 0 Å². The average Bonchev–Trinajstić information content (AvgIpc) is 2.77. The summed E-state index contributed by atoms with van der Waals surface area (Å²) in [4.78, 5) is 25.7. The van der Waals surface area contributed by atoms with Crippen LogP contribution in [-0.4, -0.2) is 21.1 Å². The van der Waals surface area contributed by atoms with Crippen LogP contribution in [0.2, 0.25) is 0 Å². The summed E-state index contributed by atoms with van der Waals surface area (Å²) >= 11 is 1.32. The Balaban J connectivity index is 2.11. The van der Waals surface area contributed by atoms with Crippen LogP contribution in [0.15, 0.2) is 23.1 Å². The molecule has 6 nitrogen and oxygen atoms in total. The summed E-state index contributed by atoms with van der Waals surface area (Å²) in [5, 5.41) is 11.6. The van der Waals surface area contributed by atoms with E-state index in [-0.39, 0.29) is 5.56 Å². The second-order valence-corrected chi connectivity index (χ2v) is 4.68. The van der Waals surface area contributed by atoms with Gasteiger partial charge in [0.25, 0.3) is 11.5 Å². The van der Waals surface area contributed by atoms with Crippen molar-refractivity contribution in [2.24, 2.45) is 0 Å². The molecule has 18 heavy (non-hydrogen) atoms. The van der Waals surface area contributed by atoms with E-state index in [0.717, 1.165) is 17.8 Å². The molecule has 0 saturated carbocycles. The molecule has 0 radical (unpaired) electrons. The summed E-state index contributed by atoms with van der Waals surface area (Å²) < 4.78 is 0. The predicted octanol–water partition coefficient (Wildman–Crippen LogP) is 1.43. The first-order valence-corrected chi connectivity index (χ1v) is 6.33. The zero-order chi connectivity index (χ0) is 13.0. The van der Waals surface area contributed by atoms with E-state index in [1.54, 1.807) is 6.07 Å². The Kier molecular flexibility index (Phi) is 3.83. The number of aromatic amines is 1. The summed E-state index contributed by atoms with van der Waals surface area (Å²) in [6, 6.07) is 3.06. The highest BCUT2D eigenvalue weighted by molar-refractivity contribution is 7.15. The number of pyridine rings is 1. The number of hydrogen-bond acceptors (Lipinski definition) is 5. The minimum absolute atomic E-state index is 0.0599. The van der Waals surface area contributed by atoms with Gasteiger partial charge in [0.1, 0.15) is 10.6 Å². The fourth-order valence-corrected chi connectivity index (χ4v) is 2.22. The van der Waals surface area contributed by atoms with Crippen molar-refractivity contribution in [1.82, 2.24) is 15.2 Å². The van der Waals surface area contributed by atoms with E-state index in [1.165, 1.54) is 23.6 Å². The molecule has 0 fully saturated rings. The fourth-order valence-electron chi connectivity index (χ4n) is 1.38. The SMILES string of the molecule is CCCc1nnc(NC(=O)c2ccc[nH]c2=O)s1. The van der Waals surface area contributed by atoms with Crippen LogP contribution in [0.5, 0.6) is 0 Å². The Hall–Kier alpha value is -2.02. The van der Waals surface area contributed by atoms with Crippen LogP contribution in [0.1, 0.15) is 28.7 Å². The lowest BCUT2D eigenvalue weighted by atomic mass is 10.3. The first-order chi connectivity index (χ1) is 8.70. The molecule has 1 amide bonds. The number of aryl methyl sites for hydroxylation is 1. The van der Waals surface area contributed by atoms with E-state index in [9.17, 15) is 9.59 Å². The maximum Gasteiger partial charge on any atom is 0.263 e. The van der Waals surface area contributed by atoms with Crippen molar-refractivity contribution in [2.45, 2.75) is 19.8 Å². The van der Waals surface area contributed by atoms with E-state index < -0.39 is 11.5 Å². The molecule has 0 aromatic carbocycles. The monoisotopic (exact) mass is 264 g/mol. The number of hydrogen-bond donors (Lipinski definition) is 2. The molecule has 2 aromatic heterocycles. The topological polar surface area (TPSA) is 87.7 Å². The third-order valence-electron chi connectivity index (χ3n) is 2.21. The van der Waals surface area contributed by atoms with Crippen molar-refractivity contribution >= 4 is 22.4 Å². The summed E-state index contributed by atoms with van der Waals surface area (Å²) in [5.74, 6) is -0.476. The number of carbonyl (C=O) groups is 1. The molecule has 0 aliphatic heterocycles. The largest absolute Gasteiger partial charge is 0.328 e. The van der Waals surface area contributed by atoms with Crippen LogP contribution < -0.4 is 10.9 Å². The standard InChI is InChI=1S/C11H12N4O2S/c1-2-4-8-14-15-11(18-8)13-10(17)7-5-3-6-12-9(7)16/h3,5-6H,2,4H2,1H3,(H,12,16)(H,13,15,17). The Morgan fingerprint density at radius 1 is 1.50 bits per heavy atom. The van der Waals surface area contributed by atoms with Crippen LogP contribution in [0.25, 0.3) is 0 Å². The quantitative estimate of drug-likeness (QED) is 0.874. The molecule has 0 aliphatic rings. The number of carbonyl (C=O) groups excluding carboxylic acids is 1. The van der Waals surface area contributed by atoms with Crippen molar-refractivity contribution < 1.29 is 4.79 Å². The summed E-state index contributed by atoms with van der Waals surface area (Å²) in [7, 11) is 0. The van der Waals surface area contributed by atoms with Crippen LogP contribution >= 0.6 is 11.3 Å². The number of aromatic nitrogens is 3. The molecule has 0 bridgehead atoms. The summed E-state index contributed by atoms with van der Waals surface area (Å²) in [6.45, 7) is 2.04. The van der Waals surface area contributed by atoms with Gasteiger partial charge in [0.05, 0.1) is 0 Å². The number of amides is 1. The highest BCUT2D eigenvalue weighted by Gasteiger charge is 2.12. The van der Waals surface area contributed by atoms with Crippen molar-refractivity contribution in [2.75, 3.05) is 5.32 Å². The smallest absolute Gasteiger partial charge is 0.263 e. The van der Waals surface area contributed by atoms with Gasteiger partial charge in [-0.1, -0.05) is 18.3 Å². The van der Waals surface area contributed by atoms with E-state index >= 15 is 0 Å². The number of rotatable bonds is 4. The van der Waals surface area contributed by atoms with Gasteiger partial charge < -0.3 is 4.98 Å². The third-order valence-corrected chi connectivity index (χ3v) is 3.11. The second kappa shape index (κ2) is 5.54. The Morgan fingerprint density at radius 2 is 2.33 bits per heavy atom. The average molecular weight is 264 g/mol. The molecule has 2 aromatic rings. The van der Waals surface area contributed by atoms with Crippen molar-refractivity contribution in [3.63, 3.8) is 0 Å². The molecule has 2 rings (SSSR count). The number of anilines is 1. The maximum absolute atomic E-state index is 11.8. The first kappa shape index (κ1) is 12.4. The molecule has 94 valence electrons. The van der Waals surface area contributed by atoms with E-state index in [4.69, 9.17) is 0 Å². The van der Waals surface area contributed by atoms with Crippen LogP contribution in [0, 0.1) is 0 Å². The normalized spacial score (nSPS) is 10.3. The zero-order valence-electron chi connectivity index (χ0n) is 9.77. The predicted molar refractivity (Wildman–Crippen MR) is 68.9 cm³/mol. The first-order valence-electron chi connectivity index (χ1n) is 5.52. The van der Waals surface area contributed by atoms with Crippen LogP contribution in [-0.2, 0) is 6.42 Å². The number of H-pyrrole nitrogens is 1. The number of nitrogens with one attached hydrogen (secondary N) is 2. The highest BCUT2D eigenvalue weighted by Crippen LogP contribution is 2.16. The van der Waals surface area contributed by atoms with Crippen molar-refractivity contribution in [1.29, 1.82) is 0 Å². The molecule has 0 saturated heterocycles. The van der Waals surface area contributed by atoms with E-state index in [2.05, 4.69) is 20.5 Å². The summed E-state index contributed by atoms with van der Waals surface area (Å²) in [5.41, 5.74) is -0.363. The molecular formula is C11H12N4O2S. The molecule has 0 aliphatic carbocycles. The second-order valence-electron chi connectivity index (χ2n) is 3.62. The van der Waals surface area contributed by atoms with E-state index in [1.807, 2.05) is 6.92 Å².